The second-order valence-electron chi connectivity index (χ2n) is 3.68. The highest BCUT2D eigenvalue weighted by Gasteiger charge is 2.78. The first-order valence-corrected chi connectivity index (χ1v) is 4.22. The standard InChI is InChI=1S/C9H11F3O3/c1-4-6(13)14-5-7(2)8(3,15-7)9(10,11)12/h4H,1,5H2,2-3H3. The summed E-state index contributed by atoms with van der Waals surface area (Å²) >= 11 is 0. The summed E-state index contributed by atoms with van der Waals surface area (Å²) in [4.78, 5) is 10.7. The van der Waals surface area contributed by atoms with Gasteiger partial charge in [-0.25, -0.2) is 4.79 Å². The number of ether oxygens (including phenoxy) is 2. The Bertz CT molecular complexity index is 299. The lowest BCUT2D eigenvalue weighted by atomic mass is 9.96. The van der Waals surface area contributed by atoms with Crippen LogP contribution in [0.1, 0.15) is 13.8 Å². The number of halogens is 3. The zero-order valence-corrected chi connectivity index (χ0v) is 8.35. The largest absolute Gasteiger partial charge is 0.459 e. The molecule has 6 heteroatoms. The van der Waals surface area contributed by atoms with E-state index in [2.05, 4.69) is 16.1 Å². The fourth-order valence-corrected chi connectivity index (χ4v) is 1.22. The summed E-state index contributed by atoms with van der Waals surface area (Å²) in [5.41, 5.74) is -3.73. The molecule has 0 bridgehead atoms. The predicted molar refractivity (Wildman–Crippen MR) is 45.1 cm³/mol. The molecule has 0 saturated carbocycles. The third-order valence-corrected chi connectivity index (χ3v) is 2.59. The van der Waals surface area contributed by atoms with E-state index in [-0.39, 0.29) is 0 Å². The van der Waals surface area contributed by atoms with E-state index >= 15 is 0 Å². The van der Waals surface area contributed by atoms with Gasteiger partial charge in [0.25, 0.3) is 0 Å². The molecule has 1 aliphatic rings. The topological polar surface area (TPSA) is 38.8 Å². The maximum atomic E-state index is 12.4. The first kappa shape index (κ1) is 12.0. The van der Waals surface area contributed by atoms with E-state index in [0.29, 0.717) is 0 Å². The SMILES string of the molecule is C=CC(=O)OCC1(C)OC1(C)C(F)(F)F. The van der Waals surface area contributed by atoms with E-state index in [1.165, 1.54) is 6.92 Å². The van der Waals surface area contributed by atoms with Gasteiger partial charge in [-0.2, -0.15) is 13.2 Å². The third kappa shape index (κ3) is 1.86. The third-order valence-electron chi connectivity index (χ3n) is 2.59. The Morgan fingerprint density at radius 1 is 1.53 bits per heavy atom. The van der Waals surface area contributed by atoms with E-state index in [4.69, 9.17) is 0 Å². The lowest BCUT2D eigenvalue weighted by Crippen LogP contribution is -2.38. The van der Waals surface area contributed by atoms with Crippen LogP contribution in [0.25, 0.3) is 0 Å². The maximum absolute atomic E-state index is 12.4. The Labute approximate surface area is 84.8 Å². The van der Waals surface area contributed by atoms with Crippen molar-refractivity contribution in [2.75, 3.05) is 6.61 Å². The molecule has 2 unspecified atom stereocenters. The summed E-state index contributed by atoms with van der Waals surface area (Å²) in [6, 6.07) is 0. The molecule has 0 aromatic carbocycles. The Kier molecular flexibility index (Phi) is 2.59. The van der Waals surface area contributed by atoms with Crippen LogP contribution in [0.4, 0.5) is 13.2 Å². The molecular formula is C9H11F3O3. The van der Waals surface area contributed by atoms with Crippen molar-refractivity contribution in [3.63, 3.8) is 0 Å². The molecule has 2 atom stereocenters. The molecule has 1 aliphatic heterocycles. The Morgan fingerprint density at radius 3 is 2.40 bits per heavy atom. The summed E-state index contributed by atoms with van der Waals surface area (Å²) in [6.45, 7) is 4.86. The summed E-state index contributed by atoms with van der Waals surface area (Å²) in [5, 5.41) is 0. The average Bonchev–Trinajstić information content (AvgIpc) is 2.67. The Hall–Kier alpha value is -1.04. The Morgan fingerprint density at radius 2 is 2.07 bits per heavy atom. The van der Waals surface area contributed by atoms with Gasteiger partial charge in [-0.1, -0.05) is 6.58 Å². The minimum atomic E-state index is -4.47. The second-order valence-corrected chi connectivity index (χ2v) is 3.68. The van der Waals surface area contributed by atoms with Crippen LogP contribution in [-0.2, 0) is 14.3 Å². The number of hydrogen-bond donors (Lipinski definition) is 0. The quantitative estimate of drug-likeness (QED) is 0.417. The van der Waals surface area contributed by atoms with Gasteiger partial charge < -0.3 is 9.47 Å². The highest BCUT2D eigenvalue weighted by Crippen LogP contribution is 2.57. The van der Waals surface area contributed by atoms with Crippen molar-refractivity contribution in [2.45, 2.75) is 31.2 Å². The molecule has 0 N–H and O–H groups in total. The summed E-state index contributed by atoms with van der Waals surface area (Å²) in [7, 11) is 0. The minimum absolute atomic E-state index is 0.437. The van der Waals surface area contributed by atoms with Crippen LogP contribution in [0.15, 0.2) is 12.7 Å². The first-order valence-electron chi connectivity index (χ1n) is 4.22. The molecule has 0 aliphatic carbocycles. The number of hydrogen-bond acceptors (Lipinski definition) is 3. The molecule has 1 rings (SSSR count). The Balaban J connectivity index is 2.59. The van der Waals surface area contributed by atoms with Crippen molar-refractivity contribution in [3.8, 4) is 0 Å². The number of rotatable bonds is 3. The zero-order valence-electron chi connectivity index (χ0n) is 8.35. The molecule has 1 saturated heterocycles. The van der Waals surface area contributed by atoms with Gasteiger partial charge in [-0.15, -0.1) is 0 Å². The van der Waals surface area contributed by atoms with Gasteiger partial charge in [0.05, 0.1) is 0 Å². The lowest BCUT2D eigenvalue weighted by molar-refractivity contribution is -0.180. The van der Waals surface area contributed by atoms with Crippen molar-refractivity contribution in [1.82, 2.24) is 0 Å². The molecule has 0 amide bonds. The van der Waals surface area contributed by atoms with Crippen LogP contribution in [0.5, 0.6) is 0 Å². The fraction of sp³-hybridized carbons (Fsp3) is 0.667. The number of carbonyl (C=O) groups excluding carboxylic acids is 1. The van der Waals surface area contributed by atoms with Crippen molar-refractivity contribution in [3.05, 3.63) is 12.7 Å². The van der Waals surface area contributed by atoms with Crippen molar-refractivity contribution in [1.29, 1.82) is 0 Å². The van der Waals surface area contributed by atoms with Crippen LogP contribution >= 0.6 is 0 Å². The molecule has 0 aromatic rings. The molecular weight excluding hydrogens is 213 g/mol. The number of alkyl halides is 3. The smallest absolute Gasteiger partial charge is 0.420 e. The van der Waals surface area contributed by atoms with Crippen molar-refractivity contribution >= 4 is 5.97 Å². The molecule has 15 heavy (non-hydrogen) atoms. The molecule has 86 valence electrons. The molecule has 0 aromatic heterocycles. The van der Waals surface area contributed by atoms with Crippen LogP contribution in [0.3, 0.4) is 0 Å². The van der Waals surface area contributed by atoms with E-state index in [9.17, 15) is 18.0 Å². The summed E-state index contributed by atoms with van der Waals surface area (Å²) in [6.07, 6.45) is -3.58. The van der Waals surface area contributed by atoms with E-state index in [0.717, 1.165) is 13.0 Å². The second kappa shape index (κ2) is 3.23. The summed E-state index contributed by atoms with van der Waals surface area (Å²) in [5.74, 6) is -0.767. The highest BCUT2D eigenvalue weighted by molar-refractivity contribution is 5.81. The van der Waals surface area contributed by atoms with Crippen LogP contribution in [0.2, 0.25) is 0 Å². The average molecular weight is 224 g/mol. The van der Waals surface area contributed by atoms with E-state index in [1.54, 1.807) is 0 Å². The lowest BCUT2D eigenvalue weighted by Gasteiger charge is -2.15. The monoisotopic (exact) mass is 224 g/mol. The molecule has 0 radical (unpaired) electrons. The first-order chi connectivity index (χ1) is 6.66. The van der Waals surface area contributed by atoms with Crippen LogP contribution in [0, 0.1) is 0 Å². The normalized spacial score (nSPS) is 34.7. The van der Waals surface area contributed by atoms with Gasteiger partial charge in [0, 0.05) is 6.08 Å². The van der Waals surface area contributed by atoms with Gasteiger partial charge >= 0.3 is 12.1 Å². The van der Waals surface area contributed by atoms with Gasteiger partial charge in [-0.05, 0) is 13.8 Å². The predicted octanol–water partition coefficient (Wildman–Crippen LogP) is 1.83. The molecule has 1 heterocycles. The van der Waals surface area contributed by atoms with Crippen LogP contribution in [-0.4, -0.2) is 30.0 Å². The number of esters is 1. The highest BCUT2D eigenvalue weighted by atomic mass is 19.4. The maximum Gasteiger partial charge on any atom is 0.420 e. The molecule has 0 spiro atoms. The number of carbonyl (C=O) groups is 1. The molecule has 1 fully saturated rings. The van der Waals surface area contributed by atoms with Crippen molar-refractivity contribution < 1.29 is 27.4 Å². The zero-order chi connectivity index (χ0) is 11.9. The van der Waals surface area contributed by atoms with Gasteiger partial charge in [0.1, 0.15) is 12.2 Å². The van der Waals surface area contributed by atoms with Crippen molar-refractivity contribution in [2.24, 2.45) is 0 Å². The molecule has 3 nitrogen and oxygen atoms in total. The minimum Gasteiger partial charge on any atom is -0.459 e. The van der Waals surface area contributed by atoms with Gasteiger partial charge in [0.2, 0.25) is 0 Å². The van der Waals surface area contributed by atoms with Crippen LogP contribution < -0.4 is 0 Å². The van der Waals surface area contributed by atoms with Gasteiger partial charge in [0.15, 0.2) is 5.60 Å². The van der Waals surface area contributed by atoms with Gasteiger partial charge in [-0.3, -0.25) is 0 Å². The summed E-state index contributed by atoms with van der Waals surface area (Å²) < 4.78 is 46.5. The van der Waals surface area contributed by atoms with E-state index in [1.807, 2.05) is 0 Å². The van der Waals surface area contributed by atoms with E-state index < -0.39 is 30.0 Å². The number of epoxide rings is 1. The fourth-order valence-electron chi connectivity index (χ4n) is 1.22.